The number of aromatic amines is 1. The predicted octanol–water partition coefficient (Wildman–Crippen LogP) is 0.647. The van der Waals surface area contributed by atoms with Crippen LogP contribution in [0.4, 0.5) is 0 Å². The third-order valence-corrected chi connectivity index (χ3v) is 3.73. The second kappa shape index (κ2) is 5.00. The van der Waals surface area contributed by atoms with E-state index in [2.05, 4.69) is 15.3 Å². The molecule has 1 fully saturated rings. The molecule has 3 heterocycles. The summed E-state index contributed by atoms with van der Waals surface area (Å²) < 4.78 is 5.45. The minimum atomic E-state index is -0.351. The molecule has 1 aliphatic rings. The number of fused-ring (bicyclic) bond motifs is 1. The Hall–Kier alpha value is -2.15. The largest absolute Gasteiger partial charge is 0.442 e. The maximum atomic E-state index is 12.8. The van der Waals surface area contributed by atoms with Crippen LogP contribution in [0.2, 0.25) is 0 Å². The van der Waals surface area contributed by atoms with E-state index in [4.69, 9.17) is 4.42 Å². The summed E-state index contributed by atoms with van der Waals surface area (Å²) in [6.45, 7) is 6.96. The van der Waals surface area contributed by atoms with Gasteiger partial charge < -0.3 is 19.6 Å². The van der Waals surface area contributed by atoms with Crippen molar-refractivity contribution in [3.8, 4) is 0 Å². The summed E-state index contributed by atoms with van der Waals surface area (Å²) in [5, 5.41) is 3.61. The molecule has 0 unspecified atom stereocenters. The number of aromatic nitrogens is 2. The number of carbonyl (C=O) groups is 1. The summed E-state index contributed by atoms with van der Waals surface area (Å²) in [5.41, 5.74) is 0.174. The van der Waals surface area contributed by atoms with Crippen LogP contribution >= 0.6 is 0 Å². The van der Waals surface area contributed by atoms with Crippen molar-refractivity contribution in [1.29, 1.82) is 0 Å². The van der Waals surface area contributed by atoms with Crippen molar-refractivity contribution in [2.45, 2.75) is 32.9 Å². The van der Waals surface area contributed by atoms with Gasteiger partial charge in [-0.05, 0) is 20.8 Å². The van der Waals surface area contributed by atoms with Gasteiger partial charge in [0.2, 0.25) is 5.71 Å². The van der Waals surface area contributed by atoms with E-state index in [1.54, 1.807) is 11.8 Å². The van der Waals surface area contributed by atoms with Gasteiger partial charge in [-0.2, -0.15) is 0 Å². The molecule has 2 atom stereocenters. The highest BCUT2D eigenvalue weighted by molar-refractivity contribution is 6.06. The molecule has 7 nitrogen and oxygen atoms in total. The second-order valence-electron chi connectivity index (χ2n) is 5.62. The molecular formula is C14H18N4O3. The molecule has 7 heteroatoms. The van der Waals surface area contributed by atoms with Gasteiger partial charge in [0, 0.05) is 25.2 Å². The van der Waals surface area contributed by atoms with E-state index in [1.165, 1.54) is 6.33 Å². The van der Waals surface area contributed by atoms with Gasteiger partial charge in [0.25, 0.3) is 11.5 Å². The number of H-pyrrole nitrogens is 1. The summed E-state index contributed by atoms with van der Waals surface area (Å²) in [6, 6.07) is 0.431. The Labute approximate surface area is 121 Å². The zero-order valence-electron chi connectivity index (χ0n) is 12.3. The van der Waals surface area contributed by atoms with Crippen LogP contribution in [0, 0.1) is 6.92 Å². The van der Waals surface area contributed by atoms with Crippen molar-refractivity contribution in [3.05, 3.63) is 28.0 Å². The summed E-state index contributed by atoms with van der Waals surface area (Å²) in [7, 11) is 0. The molecule has 0 bridgehead atoms. The average molecular weight is 290 g/mol. The third kappa shape index (κ3) is 2.33. The van der Waals surface area contributed by atoms with Gasteiger partial charge in [-0.15, -0.1) is 0 Å². The number of furan rings is 1. The average Bonchev–Trinajstić information content (AvgIpc) is 2.74. The molecule has 0 radical (unpaired) electrons. The van der Waals surface area contributed by atoms with E-state index < -0.39 is 0 Å². The molecule has 2 aromatic heterocycles. The maximum Gasteiger partial charge on any atom is 0.262 e. The Morgan fingerprint density at radius 1 is 1.38 bits per heavy atom. The summed E-state index contributed by atoms with van der Waals surface area (Å²) >= 11 is 0. The van der Waals surface area contributed by atoms with Gasteiger partial charge in [-0.3, -0.25) is 9.59 Å². The highest BCUT2D eigenvalue weighted by Crippen LogP contribution is 2.23. The van der Waals surface area contributed by atoms with E-state index >= 15 is 0 Å². The van der Waals surface area contributed by atoms with Crippen molar-refractivity contribution in [2.75, 3.05) is 13.1 Å². The Morgan fingerprint density at radius 2 is 2.05 bits per heavy atom. The van der Waals surface area contributed by atoms with Crippen LogP contribution in [-0.2, 0) is 0 Å². The quantitative estimate of drug-likeness (QED) is 0.804. The molecule has 1 saturated heterocycles. The molecule has 0 aromatic carbocycles. The SMILES string of the molecule is Cc1oc2nc[nH]c(=O)c2c1C(=O)N1C[C@@H](C)N[C@H](C)C1. The number of rotatable bonds is 1. The topological polar surface area (TPSA) is 91.2 Å². The first-order valence-electron chi connectivity index (χ1n) is 6.99. The monoisotopic (exact) mass is 290 g/mol. The van der Waals surface area contributed by atoms with E-state index in [9.17, 15) is 9.59 Å². The highest BCUT2D eigenvalue weighted by atomic mass is 16.3. The maximum absolute atomic E-state index is 12.8. The fourth-order valence-corrected chi connectivity index (χ4v) is 2.96. The van der Waals surface area contributed by atoms with Gasteiger partial charge >= 0.3 is 0 Å². The lowest BCUT2D eigenvalue weighted by molar-refractivity contribution is 0.0673. The molecule has 3 rings (SSSR count). The Morgan fingerprint density at radius 3 is 2.71 bits per heavy atom. The van der Waals surface area contributed by atoms with Crippen molar-refractivity contribution in [1.82, 2.24) is 20.2 Å². The summed E-state index contributed by atoms with van der Waals surface area (Å²) in [5.74, 6) is 0.253. The van der Waals surface area contributed by atoms with Crippen molar-refractivity contribution in [2.24, 2.45) is 0 Å². The fraction of sp³-hybridized carbons (Fsp3) is 0.500. The first-order chi connectivity index (χ1) is 9.97. The lowest BCUT2D eigenvalue weighted by Crippen LogP contribution is -2.55. The van der Waals surface area contributed by atoms with E-state index in [-0.39, 0.29) is 34.6 Å². The molecule has 21 heavy (non-hydrogen) atoms. The Bertz CT molecular complexity index is 738. The van der Waals surface area contributed by atoms with E-state index in [0.29, 0.717) is 24.4 Å². The predicted molar refractivity (Wildman–Crippen MR) is 77.3 cm³/mol. The fourth-order valence-electron chi connectivity index (χ4n) is 2.96. The third-order valence-electron chi connectivity index (χ3n) is 3.73. The molecule has 1 aliphatic heterocycles. The molecule has 2 N–H and O–H groups in total. The normalized spacial score (nSPS) is 22.7. The Kier molecular flexibility index (Phi) is 3.29. The number of amides is 1. The first kappa shape index (κ1) is 13.8. The van der Waals surface area contributed by atoms with Gasteiger partial charge in [-0.1, -0.05) is 0 Å². The number of piperazine rings is 1. The van der Waals surface area contributed by atoms with Crippen LogP contribution in [0.5, 0.6) is 0 Å². The zero-order valence-corrected chi connectivity index (χ0v) is 12.3. The number of hydrogen-bond acceptors (Lipinski definition) is 5. The van der Waals surface area contributed by atoms with Crippen molar-refractivity contribution >= 4 is 17.0 Å². The molecule has 0 saturated carbocycles. The number of nitrogens with zero attached hydrogens (tertiary/aromatic N) is 2. The summed E-state index contributed by atoms with van der Waals surface area (Å²) in [6.07, 6.45) is 1.27. The minimum absolute atomic E-state index is 0.176. The van der Waals surface area contributed by atoms with Gasteiger partial charge in [0.05, 0.1) is 11.9 Å². The standard InChI is InChI=1S/C14H18N4O3/c1-7-4-18(5-8(2)17-7)14(20)10-9(3)21-13-11(10)12(19)15-6-16-13/h6-8,17H,4-5H2,1-3H3,(H,15,16,19)/t7-,8-/m1/s1. The first-order valence-corrected chi connectivity index (χ1v) is 6.99. The highest BCUT2D eigenvalue weighted by Gasteiger charge is 2.30. The number of nitrogens with one attached hydrogen (secondary N) is 2. The molecular weight excluding hydrogens is 272 g/mol. The minimum Gasteiger partial charge on any atom is -0.442 e. The van der Waals surface area contributed by atoms with E-state index in [0.717, 1.165) is 0 Å². The Balaban J connectivity index is 2.06. The van der Waals surface area contributed by atoms with Crippen LogP contribution in [0.3, 0.4) is 0 Å². The zero-order chi connectivity index (χ0) is 15.1. The van der Waals surface area contributed by atoms with Gasteiger partial charge in [0.15, 0.2) is 0 Å². The second-order valence-corrected chi connectivity index (χ2v) is 5.62. The molecule has 2 aromatic rings. The van der Waals surface area contributed by atoms with Gasteiger partial charge in [0.1, 0.15) is 11.1 Å². The van der Waals surface area contributed by atoms with Crippen LogP contribution in [0.25, 0.3) is 11.1 Å². The smallest absolute Gasteiger partial charge is 0.262 e. The van der Waals surface area contributed by atoms with Crippen LogP contribution in [-0.4, -0.2) is 45.9 Å². The number of aryl methyl sites for hydroxylation is 1. The van der Waals surface area contributed by atoms with Gasteiger partial charge in [-0.25, -0.2) is 4.98 Å². The van der Waals surface area contributed by atoms with Crippen LogP contribution in [0.15, 0.2) is 15.5 Å². The van der Waals surface area contributed by atoms with Crippen molar-refractivity contribution in [3.63, 3.8) is 0 Å². The number of hydrogen-bond donors (Lipinski definition) is 2. The lowest BCUT2D eigenvalue weighted by atomic mass is 10.1. The molecule has 1 amide bonds. The molecule has 0 spiro atoms. The van der Waals surface area contributed by atoms with Crippen LogP contribution < -0.4 is 10.9 Å². The summed E-state index contributed by atoms with van der Waals surface area (Å²) in [4.78, 5) is 33.0. The van der Waals surface area contributed by atoms with Crippen LogP contribution in [0.1, 0.15) is 30.0 Å². The molecule has 112 valence electrons. The molecule has 0 aliphatic carbocycles. The number of carbonyl (C=O) groups excluding carboxylic acids is 1. The van der Waals surface area contributed by atoms with E-state index in [1.807, 2.05) is 13.8 Å². The lowest BCUT2D eigenvalue weighted by Gasteiger charge is -2.36. The van der Waals surface area contributed by atoms with Crippen molar-refractivity contribution < 1.29 is 9.21 Å².